The van der Waals surface area contributed by atoms with Gasteiger partial charge in [-0.2, -0.15) is 21.3 Å². The van der Waals surface area contributed by atoms with Gasteiger partial charge >= 0.3 is 0 Å². The second kappa shape index (κ2) is 5.57. The Morgan fingerprint density at radius 1 is 1.45 bits per heavy atom. The van der Waals surface area contributed by atoms with Crippen molar-refractivity contribution in [3.8, 4) is 6.07 Å². The summed E-state index contributed by atoms with van der Waals surface area (Å²) in [6.07, 6.45) is 0. The summed E-state index contributed by atoms with van der Waals surface area (Å²) in [5, 5.41) is 9.06. The van der Waals surface area contributed by atoms with Crippen LogP contribution >= 0.6 is 23.4 Å². The van der Waals surface area contributed by atoms with Gasteiger partial charge in [-0.15, -0.1) is 0 Å². The molecule has 7 heteroatoms. The van der Waals surface area contributed by atoms with Gasteiger partial charge in [-0.05, 0) is 32.0 Å². The third kappa shape index (κ3) is 3.12. The van der Waals surface area contributed by atoms with Crippen LogP contribution in [0.2, 0.25) is 5.02 Å². The third-order valence-corrected chi connectivity index (χ3v) is 6.69. The highest BCUT2D eigenvalue weighted by Crippen LogP contribution is 2.34. The molecule has 2 rings (SSSR count). The average Bonchev–Trinajstić information content (AvgIpc) is 2.38. The molecule has 0 saturated carbocycles. The molecule has 1 heterocycles. The van der Waals surface area contributed by atoms with Crippen LogP contribution in [0.25, 0.3) is 0 Å². The Kier molecular flexibility index (Phi) is 4.35. The molecule has 0 atom stereocenters. The molecule has 20 heavy (non-hydrogen) atoms. The third-order valence-electron chi connectivity index (χ3n) is 3.07. The smallest absolute Gasteiger partial charge is 0.207 e. The molecule has 1 aliphatic rings. The van der Waals surface area contributed by atoms with Gasteiger partial charge in [0.25, 0.3) is 0 Å². The number of sulfonamides is 1. The molecule has 0 N–H and O–H groups in total. The second-order valence-corrected chi connectivity index (χ2v) is 9.32. The van der Waals surface area contributed by atoms with E-state index in [1.54, 1.807) is 11.8 Å². The van der Waals surface area contributed by atoms with Gasteiger partial charge < -0.3 is 0 Å². The van der Waals surface area contributed by atoms with Crippen molar-refractivity contribution < 1.29 is 8.42 Å². The van der Waals surface area contributed by atoms with Gasteiger partial charge in [0.1, 0.15) is 4.90 Å². The number of benzene rings is 1. The monoisotopic (exact) mass is 330 g/mol. The summed E-state index contributed by atoms with van der Waals surface area (Å²) in [6, 6.07) is 6.25. The van der Waals surface area contributed by atoms with E-state index in [4.69, 9.17) is 16.9 Å². The Hall–Kier alpha value is -0.740. The molecule has 0 bridgehead atoms. The van der Waals surface area contributed by atoms with Crippen molar-refractivity contribution >= 4 is 33.4 Å². The highest BCUT2D eigenvalue weighted by molar-refractivity contribution is 8.00. The molecule has 4 nitrogen and oxygen atoms in total. The highest BCUT2D eigenvalue weighted by Gasteiger charge is 2.35. The van der Waals surface area contributed by atoms with E-state index >= 15 is 0 Å². The minimum Gasteiger partial charge on any atom is -0.207 e. The number of nitrogens with zero attached hydrogens (tertiary/aromatic N) is 2. The second-order valence-electron chi connectivity index (χ2n) is 5.20. The number of hydrogen-bond donors (Lipinski definition) is 0. The maximum absolute atomic E-state index is 12.7. The predicted molar refractivity (Wildman–Crippen MR) is 81.5 cm³/mol. The predicted octanol–water partition coefficient (Wildman–Crippen LogP) is 2.73. The van der Waals surface area contributed by atoms with Crippen molar-refractivity contribution in [3.05, 3.63) is 28.8 Å². The quantitative estimate of drug-likeness (QED) is 0.836. The number of hydrogen-bond acceptors (Lipinski definition) is 4. The van der Waals surface area contributed by atoms with Gasteiger partial charge in [-0.1, -0.05) is 11.6 Å². The topological polar surface area (TPSA) is 61.2 Å². The van der Waals surface area contributed by atoms with E-state index in [2.05, 4.69) is 0 Å². The minimum atomic E-state index is -3.66. The molecule has 0 amide bonds. The van der Waals surface area contributed by atoms with E-state index in [1.165, 1.54) is 22.5 Å². The van der Waals surface area contributed by atoms with Crippen molar-refractivity contribution in [2.24, 2.45) is 0 Å². The van der Waals surface area contributed by atoms with Crippen LogP contribution in [0.5, 0.6) is 0 Å². The first-order valence-electron chi connectivity index (χ1n) is 6.10. The van der Waals surface area contributed by atoms with Gasteiger partial charge in [0, 0.05) is 23.6 Å². The molecule has 0 aromatic heterocycles. The van der Waals surface area contributed by atoms with Gasteiger partial charge in [0.2, 0.25) is 10.0 Å². The first-order chi connectivity index (χ1) is 9.26. The van der Waals surface area contributed by atoms with E-state index in [-0.39, 0.29) is 14.7 Å². The molecule has 0 spiro atoms. The molecule has 0 radical (unpaired) electrons. The van der Waals surface area contributed by atoms with Crippen molar-refractivity contribution in [2.75, 3.05) is 18.8 Å². The Bertz CT molecular complexity index is 665. The van der Waals surface area contributed by atoms with Crippen LogP contribution in [0.15, 0.2) is 23.1 Å². The number of nitriles is 1. The molecule has 1 aromatic rings. The Labute approximate surface area is 128 Å². The van der Waals surface area contributed by atoms with Crippen molar-refractivity contribution in [1.82, 2.24) is 4.31 Å². The van der Waals surface area contributed by atoms with Crippen LogP contribution in [-0.2, 0) is 10.0 Å². The summed E-state index contributed by atoms with van der Waals surface area (Å²) in [5.41, 5.74) is 0.290. The summed E-state index contributed by atoms with van der Waals surface area (Å²) in [6.45, 7) is 4.94. The molecule has 108 valence electrons. The molecule has 0 aliphatic carbocycles. The van der Waals surface area contributed by atoms with Crippen molar-refractivity contribution in [1.29, 1.82) is 5.26 Å². The minimum absolute atomic E-state index is 0.0147. The summed E-state index contributed by atoms with van der Waals surface area (Å²) in [7, 11) is -3.66. The van der Waals surface area contributed by atoms with E-state index in [0.717, 1.165) is 5.75 Å². The maximum atomic E-state index is 12.7. The SMILES string of the molecule is CC1(C)CN(S(=O)(=O)c2cc(C#N)ccc2Cl)CCS1. The molecular formula is C13H15ClN2O2S2. The summed E-state index contributed by atoms with van der Waals surface area (Å²) >= 11 is 7.76. The fraction of sp³-hybridized carbons (Fsp3) is 0.462. The first-order valence-corrected chi connectivity index (χ1v) is 8.90. The van der Waals surface area contributed by atoms with Gasteiger partial charge in [-0.25, -0.2) is 8.42 Å². The molecule has 1 aromatic carbocycles. The Balaban J connectivity index is 2.43. The highest BCUT2D eigenvalue weighted by atomic mass is 35.5. The lowest BCUT2D eigenvalue weighted by atomic mass is 10.2. The van der Waals surface area contributed by atoms with Crippen LogP contribution in [0.4, 0.5) is 0 Å². The van der Waals surface area contributed by atoms with E-state index < -0.39 is 10.0 Å². The lowest BCUT2D eigenvalue weighted by Crippen LogP contribution is -2.46. The number of thioether (sulfide) groups is 1. The van der Waals surface area contributed by atoms with Gasteiger partial charge in [0.05, 0.1) is 16.7 Å². The summed E-state index contributed by atoms with van der Waals surface area (Å²) in [4.78, 5) is 0.0147. The van der Waals surface area contributed by atoms with E-state index in [0.29, 0.717) is 18.7 Å². The van der Waals surface area contributed by atoms with E-state index in [9.17, 15) is 8.42 Å². The van der Waals surface area contributed by atoms with Crippen molar-refractivity contribution in [3.63, 3.8) is 0 Å². The van der Waals surface area contributed by atoms with E-state index in [1.807, 2.05) is 19.9 Å². The van der Waals surface area contributed by atoms with Crippen LogP contribution in [0.1, 0.15) is 19.4 Å². The molecule has 0 unspecified atom stereocenters. The lowest BCUT2D eigenvalue weighted by molar-refractivity contribution is 0.387. The molecule has 1 aliphatic heterocycles. The zero-order chi connectivity index (χ0) is 15.0. The Morgan fingerprint density at radius 3 is 2.75 bits per heavy atom. The molecule has 1 fully saturated rings. The van der Waals surface area contributed by atoms with Gasteiger partial charge in [-0.3, -0.25) is 0 Å². The first kappa shape index (κ1) is 15.6. The lowest BCUT2D eigenvalue weighted by Gasteiger charge is -2.36. The maximum Gasteiger partial charge on any atom is 0.244 e. The summed E-state index contributed by atoms with van der Waals surface area (Å²) in [5.74, 6) is 0.752. The van der Waals surface area contributed by atoms with Crippen molar-refractivity contribution in [2.45, 2.75) is 23.5 Å². The van der Waals surface area contributed by atoms with Crippen LogP contribution in [0.3, 0.4) is 0 Å². The standard InChI is InChI=1S/C13H15ClN2O2S2/c1-13(2)9-16(5-6-19-13)20(17,18)12-7-10(8-15)3-4-11(12)14/h3-4,7H,5-6,9H2,1-2H3. The fourth-order valence-corrected chi connectivity index (χ4v) is 5.50. The van der Waals surface area contributed by atoms with Crippen LogP contribution in [-0.4, -0.2) is 36.3 Å². The fourth-order valence-electron chi connectivity index (χ4n) is 2.09. The average molecular weight is 331 g/mol. The zero-order valence-electron chi connectivity index (χ0n) is 11.3. The zero-order valence-corrected chi connectivity index (χ0v) is 13.6. The van der Waals surface area contributed by atoms with Gasteiger partial charge in [0.15, 0.2) is 0 Å². The van der Waals surface area contributed by atoms with Crippen LogP contribution < -0.4 is 0 Å². The number of rotatable bonds is 2. The number of halogens is 1. The largest absolute Gasteiger partial charge is 0.244 e. The Morgan fingerprint density at radius 2 is 2.15 bits per heavy atom. The van der Waals surface area contributed by atoms with Crippen LogP contribution in [0, 0.1) is 11.3 Å². The molecular weight excluding hydrogens is 316 g/mol. The molecule has 1 saturated heterocycles. The normalized spacial score (nSPS) is 19.5. The summed E-state index contributed by atoms with van der Waals surface area (Å²) < 4.78 is 26.7.